The summed E-state index contributed by atoms with van der Waals surface area (Å²) in [5.74, 6) is -0.479. The number of hydrogen-bond donors (Lipinski definition) is 2. The molecule has 0 saturated heterocycles. The number of benzene rings is 1. The monoisotopic (exact) mass is 203 g/mol. The maximum absolute atomic E-state index is 10.9. The summed E-state index contributed by atoms with van der Waals surface area (Å²) in [4.78, 5) is 13.9. The SMILES string of the molecule is CC(C)c1ccc2[nH]cc(C(=O)O)c2c1. The fourth-order valence-corrected chi connectivity index (χ4v) is 1.67. The van der Waals surface area contributed by atoms with Gasteiger partial charge in [0.1, 0.15) is 0 Å². The Morgan fingerprint density at radius 2 is 2.13 bits per heavy atom. The van der Waals surface area contributed by atoms with Gasteiger partial charge in [-0.15, -0.1) is 0 Å². The second kappa shape index (κ2) is 3.42. The van der Waals surface area contributed by atoms with Gasteiger partial charge in [0.05, 0.1) is 5.56 Å². The molecule has 1 aromatic carbocycles. The van der Waals surface area contributed by atoms with Crippen molar-refractivity contribution >= 4 is 16.9 Å². The van der Waals surface area contributed by atoms with Crippen LogP contribution in [-0.2, 0) is 0 Å². The first-order valence-corrected chi connectivity index (χ1v) is 4.94. The molecule has 0 fully saturated rings. The molecule has 0 radical (unpaired) electrons. The number of nitrogens with one attached hydrogen (secondary N) is 1. The first-order valence-electron chi connectivity index (χ1n) is 4.94. The molecule has 0 atom stereocenters. The molecular formula is C12H13NO2. The highest BCUT2D eigenvalue weighted by Gasteiger charge is 2.11. The molecule has 0 spiro atoms. The van der Waals surface area contributed by atoms with Crippen LogP contribution in [0.5, 0.6) is 0 Å². The van der Waals surface area contributed by atoms with Crippen LogP contribution < -0.4 is 0 Å². The van der Waals surface area contributed by atoms with Gasteiger partial charge in [0.25, 0.3) is 0 Å². The quantitative estimate of drug-likeness (QED) is 0.788. The molecule has 0 aliphatic rings. The minimum absolute atomic E-state index is 0.340. The van der Waals surface area contributed by atoms with Crippen LogP contribution in [0, 0.1) is 0 Å². The van der Waals surface area contributed by atoms with E-state index in [9.17, 15) is 4.79 Å². The van der Waals surface area contributed by atoms with Crippen LogP contribution in [0.15, 0.2) is 24.4 Å². The van der Waals surface area contributed by atoms with Crippen LogP contribution in [0.2, 0.25) is 0 Å². The number of carbonyl (C=O) groups is 1. The Kier molecular flexibility index (Phi) is 2.23. The number of H-pyrrole nitrogens is 1. The number of aromatic amines is 1. The van der Waals surface area contributed by atoms with Gasteiger partial charge in [-0.2, -0.15) is 0 Å². The number of aromatic carboxylic acids is 1. The lowest BCUT2D eigenvalue weighted by Gasteiger charge is -2.04. The third kappa shape index (κ3) is 1.61. The lowest BCUT2D eigenvalue weighted by molar-refractivity contribution is 0.0699. The van der Waals surface area contributed by atoms with Gasteiger partial charge in [0.15, 0.2) is 0 Å². The predicted molar refractivity (Wildman–Crippen MR) is 59.3 cm³/mol. The van der Waals surface area contributed by atoms with Crippen molar-refractivity contribution in [2.45, 2.75) is 19.8 Å². The second-order valence-corrected chi connectivity index (χ2v) is 3.97. The molecule has 3 heteroatoms. The van der Waals surface area contributed by atoms with Crippen LogP contribution in [0.25, 0.3) is 10.9 Å². The smallest absolute Gasteiger partial charge is 0.337 e. The Hall–Kier alpha value is -1.77. The topological polar surface area (TPSA) is 53.1 Å². The summed E-state index contributed by atoms with van der Waals surface area (Å²) in [5, 5.41) is 9.77. The summed E-state index contributed by atoms with van der Waals surface area (Å²) in [6.07, 6.45) is 1.54. The van der Waals surface area contributed by atoms with E-state index in [1.165, 1.54) is 6.20 Å². The molecule has 0 saturated carbocycles. The summed E-state index contributed by atoms with van der Waals surface area (Å²) in [6, 6.07) is 5.90. The molecule has 2 rings (SSSR count). The molecule has 0 amide bonds. The minimum atomic E-state index is -0.887. The van der Waals surface area contributed by atoms with Crippen LogP contribution >= 0.6 is 0 Å². The second-order valence-electron chi connectivity index (χ2n) is 3.97. The number of carboxylic acid groups (broad SMARTS) is 1. The van der Waals surface area contributed by atoms with Gasteiger partial charge in [-0.05, 0) is 23.6 Å². The summed E-state index contributed by atoms with van der Waals surface area (Å²) in [7, 11) is 0. The molecule has 0 unspecified atom stereocenters. The molecule has 0 bridgehead atoms. The molecule has 1 heterocycles. The Morgan fingerprint density at radius 1 is 1.40 bits per heavy atom. The Morgan fingerprint density at radius 3 is 2.73 bits per heavy atom. The number of aromatic nitrogens is 1. The molecule has 78 valence electrons. The van der Waals surface area contributed by atoms with Gasteiger partial charge in [0, 0.05) is 17.1 Å². The highest BCUT2D eigenvalue weighted by molar-refractivity contribution is 6.03. The van der Waals surface area contributed by atoms with Gasteiger partial charge in [-0.3, -0.25) is 0 Å². The third-order valence-corrected chi connectivity index (χ3v) is 2.60. The van der Waals surface area contributed by atoms with Crippen molar-refractivity contribution in [3.8, 4) is 0 Å². The first kappa shape index (κ1) is 9.77. The van der Waals surface area contributed by atoms with Crippen molar-refractivity contribution in [3.05, 3.63) is 35.5 Å². The highest BCUT2D eigenvalue weighted by atomic mass is 16.4. The summed E-state index contributed by atoms with van der Waals surface area (Å²) in [6.45, 7) is 4.18. The summed E-state index contributed by atoms with van der Waals surface area (Å²) < 4.78 is 0. The molecule has 3 nitrogen and oxygen atoms in total. The fourth-order valence-electron chi connectivity index (χ4n) is 1.67. The first-order chi connectivity index (χ1) is 7.09. The number of hydrogen-bond acceptors (Lipinski definition) is 1. The van der Waals surface area contributed by atoms with Gasteiger partial charge in [-0.1, -0.05) is 19.9 Å². The highest BCUT2D eigenvalue weighted by Crippen LogP contribution is 2.23. The van der Waals surface area contributed by atoms with Gasteiger partial charge in [-0.25, -0.2) is 4.79 Å². The van der Waals surface area contributed by atoms with Gasteiger partial charge in [0.2, 0.25) is 0 Å². The van der Waals surface area contributed by atoms with E-state index >= 15 is 0 Å². The van der Waals surface area contributed by atoms with Crippen LogP contribution in [-0.4, -0.2) is 16.1 Å². The lowest BCUT2D eigenvalue weighted by Crippen LogP contribution is -1.94. The van der Waals surface area contributed by atoms with E-state index in [0.717, 1.165) is 16.5 Å². The zero-order valence-electron chi connectivity index (χ0n) is 8.74. The standard InChI is InChI=1S/C12H13NO2/c1-7(2)8-3-4-11-9(5-8)10(6-13-11)12(14)15/h3-7,13H,1-2H3,(H,14,15). The third-order valence-electron chi connectivity index (χ3n) is 2.60. The molecule has 0 aliphatic heterocycles. The van der Waals surface area contributed by atoms with Crippen molar-refractivity contribution in [2.75, 3.05) is 0 Å². The van der Waals surface area contributed by atoms with E-state index in [1.807, 2.05) is 18.2 Å². The van der Waals surface area contributed by atoms with Crippen LogP contribution in [0.4, 0.5) is 0 Å². The van der Waals surface area contributed by atoms with E-state index in [-0.39, 0.29) is 0 Å². The Labute approximate surface area is 87.7 Å². The van der Waals surface area contributed by atoms with E-state index in [1.54, 1.807) is 0 Å². The average molecular weight is 203 g/mol. The largest absolute Gasteiger partial charge is 0.478 e. The van der Waals surface area contributed by atoms with E-state index in [0.29, 0.717) is 11.5 Å². The Balaban J connectivity index is 2.66. The lowest BCUT2D eigenvalue weighted by atomic mass is 10.0. The molecule has 2 aromatic rings. The number of rotatable bonds is 2. The molecule has 15 heavy (non-hydrogen) atoms. The summed E-state index contributed by atoms with van der Waals surface area (Å²) in [5.41, 5.74) is 2.37. The van der Waals surface area contributed by atoms with E-state index in [4.69, 9.17) is 5.11 Å². The minimum Gasteiger partial charge on any atom is -0.478 e. The maximum Gasteiger partial charge on any atom is 0.337 e. The van der Waals surface area contributed by atoms with Crippen LogP contribution in [0.1, 0.15) is 35.7 Å². The zero-order chi connectivity index (χ0) is 11.0. The van der Waals surface area contributed by atoms with Crippen molar-refractivity contribution < 1.29 is 9.90 Å². The fraction of sp³-hybridized carbons (Fsp3) is 0.250. The maximum atomic E-state index is 10.9. The average Bonchev–Trinajstić information content (AvgIpc) is 2.59. The van der Waals surface area contributed by atoms with E-state index in [2.05, 4.69) is 18.8 Å². The molecular weight excluding hydrogens is 190 g/mol. The number of fused-ring (bicyclic) bond motifs is 1. The van der Waals surface area contributed by atoms with Gasteiger partial charge >= 0.3 is 5.97 Å². The van der Waals surface area contributed by atoms with Crippen molar-refractivity contribution in [1.82, 2.24) is 4.98 Å². The molecule has 0 aliphatic carbocycles. The normalized spacial score (nSPS) is 11.1. The molecule has 2 N–H and O–H groups in total. The zero-order valence-corrected chi connectivity index (χ0v) is 8.74. The van der Waals surface area contributed by atoms with Crippen molar-refractivity contribution in [3.63, 3.8) is 0 Å². The van der Waals surface area contributed by atoms with Crippen molar-refractivity contribution in [1.29, 1.82) is 0 Å². The van der Waals surface area contributed by atoms with E-state index < -0.39 is 5.97 Å². The Bertz CT molecular complexity index is 511. The number of carboxylic acids is 1. The predicted octanol–water partition coefficient (Wildman–Crippen LogP) is 2.99. The molecule has 1 aromatic heterocycles. The van der Waals surface area contributed by atoms with Gasteiger partial charge < -0.3 is 10.1 Å². The van der Waals surface area contributed by atoms with Crippen molar-refractivity contribution in [2.24, 2.45) is 0 Å². The summed E-state index contributed by atoms with van der Waals surface area (Å²) >= 11 is 0. The van der Waals surface area contributed by atoms with Crippen LogP contribution in [0.3, 0.4) is 0 Å².